The maximum atomic E-state index is 11.8. The highest BCUT2D eigenvalue weighted by Crippen LogP contribution is 2.08. The second kappa shape index (κ2) is 10.4. The van der Waals surface area contributed by atoms with Crippen LogP contribution in [-0.2, 0) is 9.59 Å². The van der Waals surface area contributed by atoms with Gasteiger partial charge in [-0.3, -0.25) is 14.5 Å². The summed E-state index contributed by atoms with van der Waals surface area (Å²) in [6, 6.07) is 0.122. The van der Waals surface area contributed by atoms with Gasteiger partial charge in [0.2, 0.25) is 5.91 Å². The van der Waals surface area contributed by atoms with Crippen LogP contribution in [0.5, 0.6) is 0 Å². The monoisotopic (exact) mass is 284 g/mol. The number of rotatable bonds is 11. The molecule has 2 N–H and O–H groups in total. The lowest BCUT2D eigenvalue weighted by Crippen LogP contribution is -2.42. The lowest BCUT2D eigenvalue weighted by atomic mass is 10.0. The van der Waals surface area contributed by atoms with E-state index < -0.39 is 5.97 Å². The Kier molecular flexibility index (Phi) is 9.72. The molecule has 0 rings (SSSR count). The van der Waals surface area contributed by atoms with Crippen molar-refractivity contribution in [3.05, 3.63) is 12.7 Å². The number of hydrogen-bond acceptors (Lipinski definition) is 3. The first-order valence-electron chi connectivity index (χ1n) is 7.19. The van der Waals surface area contributed by atoms with Crippen molar-refractivity contribution >= 4 is 11.9 Å². The Morgan fingerprint density at radius 1 is 1.25 bits per heavy atom. The van der Waals surface area contributed by atoms with Gasteiger partial charge in [0.1, 0.15) is 0 Å². The van der Waals surface area contributed by atoms with E-state index in [0.29, 0.717) is 12.5 Å². The van der Waals surface area contributed by atoms with Crippen molar-refractivity contribution in [1.29, 1.82) is 0 Å². The van der Waals surface area contributed by atoms with Gasteiger partial charge in [-0.1, -0.05) is 32.8 Å². The number of carboxylic acids is 1. The Morgan fingerprint density at radius 2 is 1.90 bits per heavy atom. The molecule has 0 aliphatic rings. The minimum atomic E-state index is -0.940. The van der Waals surface area contributed by atoms with E-state index in [4.69, 9.17) is 5.11 Å². The molecule has 0 fully saturated rings. The van der Waals surface area contributed by atoms with Crippen molar-refractivity contribution in [1.82, 2.24) is 10.2 Å². The lowest BCUT2D eigenvalue weighted by molar-refractivity contribution is -0.138. The lowest BCUT2D eigenvalue weighted by Gasteiger charge is -2.20. The quantitative estimate of drug-likeness (QED) is 0.568. The number of hydrogen-bond donors (Lipinski definition) is 2. The van der Waals surface area contributed by atoms with E-state index >= 15 is 0 Å². The topological polar surface area (TPSA) is 69.6 Å². The van der Waals surface area contributed by atoms with Crippen LogP contribution in [0.1, 0.15) is 40.0 Å². The Balaban J connectivity index is 4.04. The molecule has 1 unspecified atom stereocenters. The molecule has 0 bridgehead atoms. The molecule has 1 atom stereocenters. The van der Waals surface area contributed by atoms with Gasteiger partial charge in [-0.25, -0.2) is 0 Å². The van der Waals surface area contributed by atoms with Gasteiger partial charge in [-0.05, 0) is 19.3 Å². The summed E-state index contributed by atoms with van der Waals surface area (Å²) >= 11 is 0. The normalized spacial score (nSPS) is 12.4. The average Bonchev–Trinajstić information content (AvgIpc) is 2.27. The van der Waals surface area contributed by atoms with Crippen molar-refractivity contribution in [3.8, 4) is 0 Å². The molecule has 0 aliphatic heterocycles. The molecule has 1 amide bonds. The van der Waals surface area contributed by atoms with Crippen LogP contribution in [0.2, 0.25) is 0 Å². The third-order valence-corrected chi connectivity index (χ3v) is 2.94. The number of amides is 1. The van der Waals surface area contributed by atoms with Gasteiger partial charge in [0.05, 0.1) is 13.1 Å². The summed E-state index contributed by atoms with van der Waals surface area (Å²) in [6.45, 7) is 10.2. The van der Waals surface area contributed by atoms with E-state index in [1.165, 1.54) is 0 Å². The van der Waals surface area contributed by atoms with E-state index in [1.54, 1.807) is 11.0 Å². The molecule has 0 heterocycles. The number of carbonyl (C=O) groups excluding carboxylic acids is 1. The van der Waals surface area contributed by atoms with Crippen LogP contribution in [0.15, 0.2) is 12.7 Å². The molecular weight excluding hydrogens is 256 g/mol. The van der Waals surface area contributed by atoms with Crippen molar-refractivity contribution in [2.75, 3.05) is 19.6 Å². The zero-order valence-electron chi connectivity index (χ0n) is 12.9. The average molecular weight is 284 g/mol. The first kappa shape index (κ1) is 18.6. The molecule has 0 aromatic carbocycles. The zero-order valence-corrected chi connectivity index (χ0v) is 12.9. The molecule has 20 heavy (non-hydrogen) atoms. The molecular formula is C15H28N2O3. The van der Waals surface area contributed by atoms with Crippen molar-refractivity contribution in [2.45, 2.75) is 46.1 Å². The molecule has 0 aliphatic carbocycles. The van der Waals surface area contributed by atoms with Crippen molar-refractivity contribution in [2.24, 2.45) is 5.92 Å². The van der Waals surface area contributed by atoms with Crippen molar-refractivity contribution in [3.63, 3.8) is 0 Å². The maximum absolute atomic E-state index is 11.8. The molecule has 5 heteroatoms. The Bertz CT molecular complexity index is 316. The fraction of sp³-hybridized carbons (Fsp3) is 0.733. The summed E-state index contributed by atoms with van der Waals surface area (Å²) in [7, 11) is 0. The molecule has 5 nitrogen and oxygen atoms in total. The summed E-state index contributed by atoms with van der Waals surface area (Å²) in [5, 5.41) is 11.7. The Labute approximate surface area is 122 Å². The van der Waals surface area contributed by atoms with Gasteiger partial charge in [-0.15, -0.1) is 6.58 Å². The standard InChI is InChI=1S/C15H28N2O3/c1-5-9-17(11-15(19)20)10-14(18)16-13(4)8-6-7-12(2)3/h5,12-13H,1,6-11H2,2-4H3,(H,16,18)(H,19,20). The van der Waals surface area contributed by atoms with Gasteiger partial charge in [0, 0.05) is 12.6 Å². The van der Waals surface area contributed by atoms with Crippen LogP contribution in [0.3, 0.4) is 0 Å². The van der Waals surface area contributed by atoms with Gasteiger partial charge in [0.15, 0.2) is 0 Å². The first-order valence-corrected chi connectivity index (χ1v) is 7.19. The summed E-state index contributed by atoms with van der Waals surface area (Å²) in [4.78, 5) is 24.1. The van der Waals surface area contributed by atoms with Crippen LogP contribution in [0, 0.1) is 5.92 Å². The molecule has 0 aromatic rings. The largest absolute Gasteiger partial charge is 0.480 e. The maximum Gasteiger partial charge on any atom is 0.317 e. The third kappa shape index (κ3) is 10.6. The summed E-state index contributed by atoms with van der Waals surface area (Å²) in [6.07, 6.45) is 4.79. The number of carbonyl (C=O) groups is 2. The van der Waals surface area contributed by atoms with Crippen LogP contribution < -0.4 is 5.32 Å². The Hall–Kier alpha value is -1.36. The molecule has 0 spiro atoms. The molecule has 0 aromatic heterocycles. The predicted octanol–water partition coefficient (Wildman–Crippen LogP) is 1.89. The molecule has 0 radical (unpaired) electrons. The fourth-order valence-corrected chi connectivity index (χ4v) is 1.99. The fourth-order valence-electron chi connectivity index (χ4n) is 1.99. The third-order valence-electron chi connectivity index (χ3n) is 2.94. The summed E-state index contributed by atoms with van der Waals surface area (Å²) < 4.78 is 0. The van der Waals surface area contributed by atoms with Crippen molar-refractivity contribution < 1.29 is 14.7 Å². The van der Waals surface area contributed by atoms with E-state index in [1.807, 2.05) is 6.92 Å². The molecule has 0 saturated carbocycles. The van der Waals surface area contributed by atoms with Crippen LogP contribution in [0.4, 0.5) is 0 Å². The number of carboxylic acid groups (broad SMARTS) is 1. The second-order valence-corrected chi connectivity index (χ2v) is 5.65. The van der Waals surface area contributed by atoms with Gasteiger partial charge >= 0.3 is 5.97 Å². The van der Waals surface area contributed by atoms with Crippen LogP contribution in [-0.4, -0.2) is 47.6 Å². The van der Waals surface area contributed by atoms with E-state index in [0.717, 1.165) is 19.3 Å². The highest BCUT2D eigenvalue weighted by atomic mass is 16.4. The SMILES string of the molecule is C=CCN(CC(=O)O)CC(=O)NC(C)CCCC(C)C. The van der Waals surface area contributed by atoms with Gasteiger partial charge in [0.25, 0.3) is 0 Å². The number of aliphatic carboxylic acids is 1. The highest BCUT2D eigenvalue weighted by Gasteiger charge is 2.14. The first-order chi connectivity index (χ1) is 9.35. The second-order valence-electron chi connectivity index (χ2n) is 5.65. The van der Waals surface area contributed by atoms with E-state index in [-0.39, 0.29) is 25.0 Å². The van der Waals surface area contributed by atoms with E-state index in [2.05, 4.69) is 25.7 Å². The predicted molar refractivity (Wildman–Crippen MR) is 80.6 cm³/mol. The Morgan fingerprint density at radius 3 is 2.40 bits per heavy atom. The van der Waals surface area contributed by atoms with Gasteiger partial charge in [-0.2, -0.15) is 0 Å². The minimum absolute atomic E-state index is 0.0901. The highest BCUT2D eigenvalue weighted by molar-refractivity contribution is 5.79. The van der Waals surface area contributed by atoms with E-state index in [9.17, 15) is 9.59 Å². The summed E-state index contributed by atoms with van der Waals surface area (Å²) in [5.74, 6) is -0.397. The number of nitrogens with zero attached hydrogens (tertiary/aromatic N) is 1. The molecule has 116 valence electrons. The molecule has 0 saturated heterocycles. The van der Waals surface area contributed by atoms with Gasteiger partial charge < -0.3 is 10.4 Å². The number of nitrogens with one attached hydrogen (secondary N) is 1. The minimum Gasteiger partial charge on any atom is -0.480 e. The van der Waals surface area contributed by atoms with Crippen LogP contribution >= 0.6 is 0 Å². The van der Waals surface area contributed by atoms with Crippen LogP contribution in [0.25, 0.3) is 0 Å². The summed E-state index contributed by atoms with van der Waals surface area (Å²) in [5.41, 5.74) is 0. The smallest absolute Gasteiger partial charge is 0.317 e. The zero-order chi connectivity index (χ0) is 15.5.